The third-order valence-electron chi connectivity index (χ3n) is 4.54. The largest absolute Gasteiger partial charge is 0.338 e. The molecule has 1 aromatic heterocycles. The van der Waals surface area contributed by atoms with E-state index in [0.717, 1.165) is 16.8 Å². The Bertz CT molecular complexity index is 880. The van der Waals surface area contributed by atoms with Gasteiger partial charge in [0.05, 0.1) is 11.7 Å². The van der Waals surface area contributed by atoms with Crippen LogP contribution >= 0.6 is 0 Å². The number of carbonyl (C=O) groups is 1. The Morgan fingerprint density at radius 3 is 2.70 bits per heavy atom. The highest BCUT2D eigenvalue weighted by Crippen LogP contribution is 2.20. The zero-order valence-corrected chi connectivity index (χ0v) is 15.3. The number of halogens is 1. The maximum atomic E-state index is 13.2. The maximum absolute atomic E-state index is 13.2. The summed E-state index contributed by atoms with van der Waals surface area (Å²) in [6.45, 7) is 2.42. The van der Waals surface area contributed by atoms with Crippen molar-refractivity contribution in [2.24, 2.45) is 0 Å². The van der Waals surface area contributed by atoms with Gasteiger partial charge in [0.1, 0.15) is 18.5 Å². The molecule has 0 aliphatic rings. The molecule has 1 heterocycles. The van der Waals surface area contributed by atoms with Crippen LogP contribution in [0.15, 0.2) is 61.2 Å². The number of nitrogens with zero attached hydrogens (tertiary/aromatic N) is 4. The Morgan fingerprint density at radius 2 is 2.04 bits per heavy atom. The average molecular weight is 367 g/mol. The molecule has 1 atom stereocenters. The van der Waals surface area contributed by atoms with Gasteiger partial charge < -0.3 is 10.2 Å². The van der Waals surface area contributed by atoms with Gasteiger partial charge in [-0.05, 0) is 48.7 Å². The molecule has 0 saturated carbocycles. The van der Waals surface area contributed by atoms with Gasteiger partial charge in [-0.1, -0.05) is 24.3 Å². The van der Waals surface area contributed by atoms with E-state index in [1.165, 1.54) is 18.5 Å². The zero-order valence-electron chi connectivity index (χ0n) is 15.3. The minimum absolute atomic E-state index is 0.0935. The topological polar surface area (TPSA) is 63.1 Å². The lowest BCUT2D eigenvalue weighted by Crippen LogP contribution is -2.39. The highest BCUT2D eigenvalue weighted by atomic mass is 19.1. The van der Waals surface area contributed by atoms with E-state index in [0.29, 0.717) is 13.0 Å². The molecule has 1 unspecified atom stereocenters. The predicted molar refractivity (Wildman–Crippen MR) is 101 cm³/mol. The smallest absolute Gasteiger partial charge is 0.317 e. The second-order valence-electron chi connectivity index (χ2n) is 6.33. The minimum atomic E-state index is -0.265. The van der Waals surface area contributed by atoms with Crippen LogP contribution in [-0.4, -0.2) is 39.3 Å². The van der Waals surface area contributed by atoms with Crippen molar-refractivity contribution in [2.45, 2.75) is 19.4 Å². The number of hydrogen-bond donors (Lipinski definition) is 1. The van der Waals surface area contributed by atoms with Crippen LogP contribution < -0.4 is 5.32 Å². The highest BCUT2D eigenvalue weighted by molar-refractivity contribution is 5.74. The van der Waals surface area contributed by atoms with E-state index in [1.807, 2.05) is 37.3 Å². The van der Waals surface area contributed by atoms with Gasteiger partial charge >= 0.3 is 6.03 Å². The van der Waals surface area contributed by atoms with Crippen LogP contribution in [0, 0.1) is 5.82 Å². The van der Waals surface area contributed by atoms with Crippen LogP contribution in [0.4, 0.5) is 9.18 Å². The molecular formula is C20H22FN5O. The molecule has 3 aromatic rings. The predicted octanol–water partition coefficient (Wildman–Crippen LogP) is 3.35. The van der Waals surface area contributed by atoms with E-state index >= 15 is 0 Å². The molecule has 0 fully saturated rings. The first-order valence-corrected chi connectivity index (χ1v) is 8.74. The molecule has 0 aliphatic heterocycles. The molecule has 27 heavy (non-hydrogen) atoms. The van der Waals surface area contributed by atoms with E-state index < -0.39 is 0 Å². The summed E-state index contributed by atoms with van der Waals surface area (Å²) in [7, 11) is 1.76. The van der Waals surface area contributed by atoms with E-state index in [1.54, 1.807) is 29.0 Å². The fraction of sp³-hybridized carbons (Fsp3) is 0.250. The van der Waals surface area contributed by atoms with Crippen LogP contribution in [0.25, 0.3) is 5.69 Å². The van der Waals surface area contributed by atoms with Gasteiger partial charge in [0, 0.05) is 13.6 Å². The SMILES string of the molecule is CC(c1ccc(-n2cncn2)cc1)N(C)C(=O)NCCc1cccc(F)c1. The number of benzene rings is 2. The molecule has 7 heteroatoms. The quantitative estimate of drug-likeness (QED) is 0.727. The van der Waals surface area contributed by atoms with Crippen molar-refractivity contribution in [3.63, 3.8) is 0 Å². The van der Waals surface area contributed by atoms with Gasteiger partial charge in [0.15, 0.2) is 0 Å². The molecule has 1 N–H and O–H groups in total. The van der Waals surface area contributed by atoms with Crippen LogP contribution in [0.5, 0.6) is 0 Å². The number of amides is 2. The Hall–Kier alpha value is -3.22. The summed E-state index contributed by atoms with van der Waals surface area (Å²) in [4.78, 5) is 18.0. The van der Waals surface area contributed by atoms with Crippen LogP contribution in [0.2, 0.25) is 0 Å². The second-order valence-corrected chi connectivity index (χ2v) is 6.33. The first-order chi connectivity index (χ1) is 13.0. The van der Waals surface area contributed by atoms with Crippen molar-refractivity contribution in [1.82, 2.24) is 25.0 Å². The molecule has 6 nitrogen and oxygen atoms in total. The van der Waals surface area contributed by atoms with E-state index in [9.17, 15) is 9.18 Å². The summed E-state index contributed by atoms with van der Waals surface area (Å²) >= 11 is 0. The summed E-state index contributed by atoms with van der Waals surface area (Å²) in [5.74, 6) is -0.265. The number of hydrogen-bond acceptors (Lipinski definition) is 3. The monoisotopic (exact) mass is 367 g/mol. The molecule has 0 radical (unpaired) electrons. The van der Waals surface area contributed by atoms with Crippen molar-refractivity contribution in [2.75, 3.05) is 13.6 Å². The molecule has 2 amide bonds. The standard InChI is InChI=1S/C20H22FN5O/c1-15(17-6-8-19(9-7-17)26-14-22-13-24-26)25(2)20(27)23-11-10-16-4-3-5-18(21)12-16/h3-9,12-15H,10-11H2,1-2H3,(H,23,27). The second kappa shape index (κ2) is 8.44. The van der Waals surface area contributed by atoms with Crippen molar-refractivity contribution >= 4 is 6.03 Å². The van der Waals surface area contributed by atoms with Gasteiger partial charge in [-0.15, -0.1) is 0 Å². The van der Waals surface area contributed by atoms with E-state index in [4.69, 9.17) is 0 Å². The summed E-state index contributed by atoms with van der Waals surface area (Å²) in [5, 5.41) is 6.97. The summed E-state index contributed by atoms with van der Waals surface area (Å²) in [5.41, 5.74) is 2.78. The van der Waals surface area contributed by atoms with E-state index in [2.05, 4.69) is 15.4 Å². The third kappa shape index (κ3) is 4.69. The molecular weight excluding hydrogens is 345 g/mol. The lowest BCUT2D eigenvalue weighted by atomic mass is 10.1. The van der Waals surface area contributed by atoms with Crippen LogP contribution in [-0.2, 0) is 6.42 Å². The molecule has 0 aliphatic carbocycles. The lowest BCUT2D eigenvalue weighted by Gasteiger charge is -2.25. The number of carbonyl (C=O) groups excluding carboxylic acids is 1. The van der Waals surface area contributed by atoms with Crippen molar-refractivity contribution in [1.29, 1.82) is 0 Å². The average Bonchev–Trinajstić information content (AvgIpc) is 3.22. The number of nitrogens with one attached hydrogen (secondary N) is 1. The first-order valence-electron chi connectivity index (χ1n) is 8.74. The number of aromatic nitrogens is 3. The molecule has 3 rings (SSSR count). The maximum Gasteiger partial charge on any atom is 0.317 e. The molecule has 0 spiro atoms. The van der Waals surface area contributed by atoms with Crippen molar-refractivity contribution in [3.05, 3.63) is 78.1 Å². The van der Waals surface area contributed by atoms with Crippen molar-refractivity contribution in [3.8, 4) is 5.69 Å². The Labute approximate surface area is 157 Å². The number of rotatable bonds is 6. The molecule has 2 aromatic carbocycles. The van der Waals surface area contributed by atoms with E-state index in [-0.39, 0.29) is 17.9 Å². The fourth-order valence-corrected chi connectivity index (χ4v) is 2.78. The molecule has 140 valence electrons. The molecule has 0 bridgehead atoms. The number of urea groups is 1. The fourth-order valence-electron chi connectivity index (χ4n) is 2.78. The first kappa shape index (κ1) is 18.6. The van der Waals surface area contributed by atoms with Gasteiger partial charge in [0.2, 0.25) is 0 Å². The van der Waals surface area contributed by atoms with Gasteiger partial charge in [-0.25, -0.2) is 18.9 Å². The lowest BCUT2D eigenvalue weighted by molar-refractivity contribution is 0.194. The third-order valence-corrected chi connectivity index (χ3v) is 4.54. The Morgan fingerprint density at radius 1 is 1.26 bits per heavy atom. The Balaban J connectivity index is 1.54. The van der Waals surface area contributed by atoms with Crippen molar-refractivity contribution < 1.29 is 9.18 Å². The minimum Gasteiger partial charge on any atom is -0.338 e. The summed E-state index contributed by atoms with van der Waals surface area (Å²) in [6.07, 6.45) is 3.70. The van der Waals surface area contributed by atoms with Crippen LogP contribution in [0.3, 0.4) is 0 Å². The van der Waals surface area contributed by atoms with Gasteiger partial charge in [-0.3, -0.25) is 0 Å². The van der Waals surface area contributed by atoms with Crippen LogP contribution in [0.1, 0.15) is 24.1 Å². The summed E-state index contributed by atoms with van der Waals surface area (Å²) in [6, 6.07) is 14.0. The molecule has 0 saturated heterocycles. The normalized spacial score (nSPS) is 11.8. The highest BCUT2D eigenvalue weighted by Gasteiger charge is 2.17. The Kier molecular flexibility index (Phi) is 5.80. The zero-order chi connectivity index (χ0) is 19.2. The van der Waals surface area contributed by atoms with Gasteiger partial charge in [-0.2, -0.15) is 5.10 Å². The summed E-state index contributed by atoms with van der Waals surface area (Å²) < 4.78 is 14.9. The van der Waals surface area contributed by atoms with Gasteiger partial charge in [0.25, 0.3) is 0 Å².